The smallest absolute Gasteiger partial charge is 0.321 e. The van der Waals surface area contributed by atoms with Gasteiger partial charge in [0.1, 0.15) is 0 Å². The Morgan fingerprint density at radius 1 is 1.33 bits per heavy atom. The fourth-order valence-corrected chi connectivity index (χ4v) is 2.87. The van der Waals surface area contributed by atoms with Crippen molar-refractivity contribution in [1.82, 2.24) is 20.9 Å². The minimum Gasteiger partial charge on any atom is -0.341 e. The normalized spacial score (nSPS) is 24.4. The minimum atomic E-state index is -0.446. The highest BCUT2D eigenvalue weighted by atomic mass is 16.2. The summed E-state index contributed by atoms with van der Waals surface area (Å²) in [6.45, 7) is 9.08. The molecule has 3 amide bonds. The van der Waals surface area contributed by atoms with E-state index in [1.54, 1.807) is 0 Å². The van der Waals surface area contributed by atoms with Crippen LogP contribution < -0.4 is 16.0 Å². The molecule has 6 heteroatoms. The van der Waals surface area contributed by atoms with Gasteiger partial charge >= 0.3 is 6.03 Å². The van der Waals surface area contributed by atoms with Crippen LogP contribution in [0, 0.1) is 5.92 Å². The zero-order valence-electron chi connectivity index (χ0n) is 13.7. The number of likely N-dealkylation sites (tertiary alicyclic amines) is 1. The molecular formula is C15H30N4O2. The van der Waals surface area contributed by atoms with Crippen molar-refractivity contribution in [1.29, 1.82) is 0 Å². The number of amides is 3. The molecule has 3 atom stereocenters. The van der Waals surface area contributed by atoms with Crippen LogP contribution in [0.4, 0.5) is 4.79 Å². The van der Waals surface area contributed by atoms with Gasteiger partial charge in [0.05, 0.1) is 6.04 Å². The van der Waals surface area contributed by atoms with E-state index >= 15 is 0 Å². The highest BCUT2D eigenvalue weighted by molar-refractivity contribution is 5.96. The molecule has 21 heavy (non-hydrogen) atoms. The van der Waals surface area contributed by atoms with Crippen LogP contribution in [0.3, 0.4) is 0 Å². The van der Waals surface area contributed by atoms with Crippen molar-refractivity contribution in [2.45, 2.75) is 52.1 Å². The lowest BCUT2D eigenvalue weighted by atomic mass is 9.89. The van der Waals surface area contributed by atoms with Gasteiger partial charge in [0, 0.05) is 26.2 Å². The standard InChI is InChI=1S/C15H30N4O2/c1-5-8-17-13-7-9-19(10-12(13)6-2)11(3)14(20)18-15(21)16-4/h11-13,17H,5-10H2,1-4H3,(H2,16,18,20,21). The predicted octanol–water partition coefficient (Wildman–Crippen LogP) is 0.931. The Labute approximate surface area is 128 Å². The van der Waals surface area contributed by atoms with E-state index in [1.165, 1.54) is 7.05 Å². The third kappa shape index (κ3) is 5.28. The van der Waals surface area contributed by atoms with Crippen LogP contribution in [0.5, 0.6) is 0 Å². The van der Waals surface area contributed by atoms with Crippen LogP contribution in [-0.2, 0) is 4.79 Å². The van der Waals surface area contributed by atoms with Crippen LogP contribution in [0.15, 0.2) is 0 Å². The molecule has 122 valence electrons. The van der Waals surface area contributed by atoms with Crippen molar-refractivity contribution < 1.29 is 9.59 Å². The number of hydrogen-bond donors (Lipinski definition) is 3. The summed E-state index contributed by atoms with van der Waals surface area (Å²) in [7, 11) is 1.51. The Morgan fingerprint density at radius 2 is 2.05 bits per heavy atom. The molecular weight excluding hydrogens is 268 g/mol. The molecule has 0 aromatic rings. The maximum absolute atomic E-state index is 12.0. The van der Waals surface area contributed by atoms with Crippen LogP contribution in [0.1, 0.15) is 40.0 Å². The van der Waals surface area contributed by atoms with E-state index in [-0.39, 0.29) is 11.9 Å². The molecule has 3 N–H and O–H groups in total. The third-order valence-corrected chi connectivity index (χ3v) is 4.34. The SMILES string of the molecule is CCCNC1CCN(C(C)C(=O)NC(=O)NC)CC1CC. The first-order valence-electron chi connectivity index (χ1n) is 8.03. The molecule has 0 radical (unpaired) electrons. The molecule has 0 aromatic carbocycles. The number of imide groups is 1. The molecule has 1 saturated heterocycles. The second-order valence-corrected chi connectivity index (χ2v) is 5.76. The van der Waals surface area contributed by atoms with Crippen molar-refractivity contribution >= 4 is 11.9 Å². The summed E-state index contributed by atoms with van der Waals surface area (Å²) in [6, 6.07) is -0.178. The second-order valence-electron chi connectivity index (χ2n) is 5.76. The van der Waals surface area contributed by atoms with Crippen molar-refractivity contribution in [2.75, 3.05) is 26.7 Å². The first-order valence-corrected chi connectivity index (χ1v) is 8.03. The largest absolute Gasteiger partial charge is 0.341 e. The number of urea groups is 1. The van der Waals surface area contributed by atoms with Gasteiger partial charge in [-0.2, -0.15) is 0 Å². The molecule has 0 bridgehead atoms. The van der Waals surface area contributed by atoms with E-state index < -0.39 is 6.03 Å². The maximum atomic E-state index is 12.0. The van der Waals surface area contributed by atoms with E-state index in [9.17, 15) is 9.59 Å². The first kappa shape index (κ1) is 17.9. The Bertz CT molecular complexity index is 349. The first-order chi connectivity index (χ1) is 10.0. The molecule has 1 aliphatic rings. The lowest BCUT2D eigenvalue weighted by Crippen LogP contribution is -2.56. The summed E-state index contributed by atoms with van der Waals surface area (Å²) in [6.07, 6.45) is 3.29. The van der Waals surface area contributed by atoms with Gasteiger partial charge in [-0.25, -0.2) is 4.79 Å². The van der Waals surface area contributed by atoms with Crippen molar-refractivity contribution in [2.24, 2.45) is 5.92 Å². The topological polar surface area (TPSA) is 73.5 Å². The molecule has 0 aliphatic carbocycles. The number of hydrogen-bond acceptors (Lipinski definition) is 4. The number of nitrogens with one attached hydrogen (secondary N) is 3. The summed E-state index contributed by atoms with van der Waals surface area (Å²) in [5, 5.41) is 8.37. The molecule has 1 fully saturated rings. The Morgan fingerprint density at radius 3 is 2.62 bits per heavy atom. The van der Waals surface area contributed by atoms with Gasteiger partial charge < -0.3 is 10.6 Å². The predicted molar refractivity (Wildman–Crippen MR) is 84.1 cm³/mol. The molecule has 0 aromatic heterocycles. The zero-order chi connectivity index (χ0) is 15.8. The molecule has 1 aliphatic heterocycles. The quantitative estimate of drug-likeness (QED) is 0.682. The van der Waals surface area contributed by atoms with Gasteiger partial charge in [-0.05, 0) is 32.2 Å². The fourth-order valence-electron chi connectivity index (χ4n) is 2.87. The van der Waals surface area contributed by atoms with E-state index in [1.807, 2.05) is 6.92 Å². The lowest BCUT2D eigenvalue weighted by molar-refractivity contribution is -0.125. The van der Waals surface area contributed by atoms with Crippen LogP contribution >= 0.6 is 0 Å². The third-order valence-electron chi connectivity index (χ3n) is 4.34. The van der Waals surface area contributed by atoms with E-state index in [4.69, 9.17) is 0 Å². The Balaban J connectivity index is 2.53. The number of piperidine rings is 1. The van der Waals surface area contributed by atoms with Gasteiger partial charge in [0.2, 0.25) is 5.91 Å². The average Bonchev–Trinajstić information content (AvgIpc) is 2.51. The number of rotatable bonds is 6. The van der Waals surface area contributed by atoms with Gasteiger partial charge in [-0.3, -0.25) is 15.0 Å². The molecule has 1 rings (SSSR count). The lowest BCUT2D eigenvalue weighted by Gasteiger charge is -2.41. The van der Waals surface area contributed by atoms with Gasteiger partial charge in [0.25, 0.3) is 0 Å². The molecule has 1 heterocycles. The number of carbonyl (C=O) groups is 2. The van der Waals surface area contributed by atoms with Crippen LogP contribution in [0.25, 0.3) is 0 Å². The minimum absolute atomic E-state index is 0.232. The van der Waals surface area contributed by atoms with E-state index in [0.717, 1.165) is 38.9 Å². The van der Waals surface area contributed by atoms with Crippen LogP contribution in [0.2, 0.25) is 0 Å². The molecule has 0 spiro atoms. The van der Waals surface area contributed by atoms with Crippen molar-refractivity contribution in [3.8, 4) is 0 Å². The molecule has 3 unspecified atom stereocenters. The monoisotopic (exact) mass is 298 g/mol. The van der Waals surface area contributed by atoms with Crippen molar-refractivity contribution in [3.05, 3.63) is 0 Å². The number of carbonyl (C=O) groups excluding carboxylic acids is 2. The number of nitrogens with zero attached hydrogens (tertiary/aromatic N) is 1. The Kier molecular flexibility index (Phi) is 7.67. The highest BCUT2D eigenvalue weighted by Crippen LogP contribution is 2.22. The molecule has 6 nitrogen and oxygen atoms in total. The summed E-state index contributed by atoms with van der Waals surface area (Å²) in [4.78, 5) is 25.4. The average molecular weight is 298 g/mol. The van der Waals surface area contributed by atoms with E-state index in [2.05, 4.69) is 34.7 Å². The molecule has 0 saturated carbocycles. The summed E-state index contributed by atoms with van der Waals surface area (Å²) in [5.41, 5.74) is 0. The van der Waals surface area contributed by atoms with Gasteiger partial charge in [0.15, 0.2) is 0 Å². The summed E-state index contributed by atoms with van der Waals surface area (Å²) in [5.74, 6) is 0.324. The van der Waals surface area contributed by atoms with Crippen LogP contribution in [-0.4, -0.2) is 55.6 Å². The summed E-state index contributed by atoms with van der Waals surface area (Å²) < 4.78 is 0. The van der Waals surface area contributed by atoms with Gasteiger partial charge in [-0.15, -0.1) is 0 Å². The van der Waals surface area contributed by atoms with Gasteiger partial charge in [-0.1, -0.05) is 20.3 Å². The van der Waals surface area contributed by atoms with E-state index in [0.29, 0.717) is 12.0 Å². The maximum Gasteiger partial charge on any atom is 0.321 e. The fraction of sp³-hybridized carbons (Fsp3) is 0.867. The highest BCUT2D eigenvalue weighted by Gasteiger charge is 2.32. The second kappa shape index (κ2) is 9.00. The van der Waals surface area contributed by atoms with Crippen molar-refractivity contribution in [3.63, 3.8) is 0 Å². The summed E-state index contributed by atoms with van der Waals surface area (Å²) >= 11 is 0. The zero-order valence-corrected chi connectivity index (χ0v) is 13.7. The Hall–Kier alpha value is -1.14.